The fraction of sp³-hybridized carbons (Fsp3) is 0.214. The number of hydrogen-bond donors (Lipinski definition) is 2. The molecule has 1 aromatic heterocycles. The van der Waals surface area contributed by atoms with Gasteiger partial charge in [-0.25, -0.2) is 4.79 Å². The van der Waals surface area contributed by atoms with Crippen molar-refractivity contribution in [1.29, 1.82) is 0 Å². The molecular formula is C14H15ClN2O2S. The molecule has 0 saturated carbocycles. The van der Waals surface area contributed by atoms with Crippen LogP contribution in [0.4, 0.5) is 10.5 Å². The topological polar surface area (TPSA) is 50.4 Å². The molecule has 2 amide bonds. The van der Waals surface area contributed by atoms with Gasteiger partial charge in [-0.3, -0.25) is 0 Å². The van der Waals surface area contributed by atoms with Gasteiger partial charge in [-0.1, -0.05) is 17.7 Å². The molecule has 1 atom stereocenters. The zero-order chi connectivity index (χ0) is 14.5. The number of hydrogen-bond acceptors (Lipinski definition) is 3. The van der Waals surface area contributed by atoms with Crippen molar-refractivity contribution in [3.63, 3.8) is 0 Å². The van der Waals surface area contributed by atoms with Gasteiger partial charge in [0.2, 0.25) is 0 Å². The molecule has 1 aromatic carbocycles. The lowest BCUT2D eigenvalue weighted by Crippen LogP contribution is -2.30. The first kappa shape index (κ1) is 14.7. The maximum atomic E-state index is 11.9. The van der Waals surface area contributed by atoms with Crippen molar-refractivity contribution in [3.05, 3.63) is 45.6 Å². The Labute approximate surface area is 126 Å². The normalized spacial score (nSPS) is 11.8. The van der Waals surface area contributed by atoms with Crippen LogP contribution in [0.2, 0.25) is 5.02 Å². The summed E-state index contributed by atoms with van der Waals surface area (Å²) in [6, 6.07) is 8.73. The van der Waals surface area contributed by atoms with E-state index in [2.05, 4.69) is 10.6 Å². The summed E-state index contributed by atoms with van der Waals surface area (Å²) >= 11 is 7.61. The monoisotopic (exact) mass is 310 g/mol. The summed E-state index contributed by atoms with van der Waals surface area (Å²) in [7, 11) is 1.55. The van der Waals surface area contributed by atoms with Crippen molar-refractivity contribution < 1.29 is 9.53 Å². The van der Waals surface area contributed by atoms with E-state index in [0.29, 0.717) is 16.5 Å². The highest BCUT2D eigenvalue weighted by Crippen LogP contribution is 2.27. The van der Waals surface area contributed by atoms with Crippen molar-refractivity contribution in [2.24, 2.45) is 0 Å². The molecule has 4 nitrogen and oxygen atoms in total. The second-order valence-corrected chi connectivity index (χ2v) is 5.57. The molecule has 0 saturated heterocycles. The van der Waals surface area contributed by atoms with Gasteiger partial charge in [-0.15, -0.1) is 11.3 Å². The number of halogens is 1. The summed E-state index contributed by atoms with van der Waals surface area (Å²) in [5, 5.41) is 8.04. The molecule has 1 heterocycles. The van der Waals surface area contributed by atoms with E-state index in [4.69, 9.17) is 16.3 Å². The fourth-order valence-electron chi connectivity index (χ4n) is 1.72. The van der Waals surface area contributed by atoms with E-state index in [1.54, 1.807) is 36.6 Å². The summed E-state index contributed by atoms with van der Waals surface area (Å²) in [5.74, 6) is 0.574. The van der Waals surface area contributed by atoms with Crippen molar-refractivity contribution in [2.45, 2.75) is 13.0 Å². The molecule has 106 valence electrons. The van der Waals surface area contributed by atoms with Gasteiger partial charge in [0, 0.05) is 10.6 Å². The number of nitrogens with one attached hydrogen (secondary N) is 2. The van der Waals surface area contributed by atoms with Crippen LogP contribution in [0.15, 0.2) is 35.7 Å². The van der Waals surface area contributed by atoms with Crippen molar-refractivity contribution in [3.8, 4) is 5.75 Å². The summed E-state index contributed by atoms with van der Waals surface area (Å²) in [4.78, 5) is 13.0. The third-order valence-corrected chi connectivity index (χ3v) is 4.08. The molecule has 2 aromatic rings. The minimum absolute atomic E-state index is 0.0382. The van der Waals surface area contributed by atoms with Crippen LogP contribution in [-0.2, 0) is 0 Å². The second kappa shape index (κ2) is 6.63. The Balaban J connectivity index is 1.96. The number of urea groups is 1. The number of ether oxygens (including phenoxy) is 1. The lowest BCUT2D eigenvalue weighted by molar-refractivity contribution is 0.249. The number of methoxy groups -OCH3 is 1. The summed E-state index contributed by atoms with van der Waals surface area (Å²) in [6.07, 6.45) is 0. The average Bonchev–Trinajstić information content (AvgIpc) is 2.92. The number of carbonyl (C=O) groups is 1. The Bertz CT molecular complexity index is 587. The quantitative estimate of drug-likeness (QED) is 0.885. The van der Waals surface area contributed by atoms with Crippen molar-refractivity contribution >= 4 is 34.7 Å². The second-order valence-electron chi connectivity index (χ2n) is 4.18. The van der Waals surface area contributed by atoms with Crippen LogP contribution in [0.25, 0.3) is 0 Å². The lowest BCUT2D eigenvalue weighted by Gasteiger charge is -2.13. The summed E-state index contributed by atoms with van der Waals surface area (Å²) in [6.45, 7) is 1.94. The zero-order valence-electron chi connectivity index (χ0n) is 11.1. The Kier molecular flexibility index (Phi) is 4.87. The van der Waals surface area contributed by atoms with Gasteiger partial charge >= 0.3 is 6.03 Å². The fourth-order valence-corrected chi connectivity index (χ4v) is 2.71. The molecule has 0 aliphatic heterocycles. The number of benzene rings is 1. The number of thiophene rings is 1. The maximum Gasteiger partial charge on any atom is 0.319 e. The van der Waals surface area contributed by atoms with Crippen molar-refractivity contribution in [1.82, 2.24) is 5.32 Å². The van der Waals surface area contributed by atoms with Crippen LogP contribution in [0, 0.1) is 0 Å². The molecule has 0 spiro atoms. The van der Waals surface area contributed by atoms with E-state index in [1.807, 2.05) is 24.4 Å². The van der Waals surface area contributed by atoms with Gasteiger partial charge in [0.1, 0.15) is 5.75 Å². The molecule has 0 aliphatic carbocycles. The molecule has 0 fully saturated rings. The number of amides is 2. The number of rotatable bonds is 4. The summed E-state index contributed by atoms with van der Waals surface area (Å²) < 4.78 is 5.06. The van der Waals surface area contributed by atoms with Crippen LogP contribution in [0.5, 0.6) is 5.75 Å². The minimum atomic E-state index is -0.271. The molecule has 20 heavy (non-hydrogen) atoms. The molecule has 0 radical (unpaired) electrons. The van der Waals surface area contributed by atoms with Crippen molar-refractivity contribution in [2.75, 3.05) is 12.4 Å². The average molecular weight is 311 g/mol. The smallest absolute Gasteiger partial charge is 0.319 e. The van der Waals surface area contributed by atoms with Gasteiger partial charge in [0.15, 0.2) is 0 Å². The molecule has 0 bridgehead atoms. The van der Waals surface area contributed by atoms with Gasteiger partial charge in [0.25, 0.3) is 0 Å². The Morgan fingerprint density at radius 1 is 1.40 bits per heavy atom. The lowest BCUT2D eigenvalue weighted by atomic mass is 10.3. The van der Waals surface area contributed by atoms with Crippen LogP contribution in [-0.4, -0.2) is 13.1 Å². The van der Waals surface area contributed by atoms with Gasteiger partial charge in [-0.05, 0) is 36.6 Å². The highest BCUT2D eigenvalue weighted by atomic mass is 35.5. The van der Waals surface area contributed by atoms with Gasteiger partial charge < -0.3 is 15.4 Å². The first-order valence-corrected chi connectivity index (χ1v) is 7.30. The van der Waals surface area contributed by atoms with E-state index >= 15 is 0 Å². The van der Waals surface area contributed by atoms with E-state index in [-0.39, 0.29) is 12.1 Å². The van der Waals surface area contributed by atoms with Crippen LogP contribution in [0.1, 0.15) is 17.8 Å². The standard InChI is InChI=1S/C14H15ClN2O2S/c1-9(13-4-3-7-20-13)16-14(18)17-10-5-6-12(19-2)11(15)8-10/h3-9H,1-2H3,(H2,16,17,18). The van der Waals surface area contributed by atoms with Gasteiger partial charge in [-0.2, -0.15) is 0 Å². The largest absolute Gasteiger partial charge is 0.495 e. The molecule has 6 heteroatoms. The molecule has 1 unspecified atom stereocenters. The SMILES string of the molecule is COc1ccc(NC(=O)NC(C)c2cccs2)cc1Cl. The van der Waals surface area contributed by atoms with Gasteiger partial charge in [0.05, 0.1) is 18.2 Å². The molecular weight excluding hydrogens is 296 g/mol. The maximum absolute atomic E-state index is 11.9. The predicted octanol–water partition coefficient (Wildman–Crippen LogP) is 4.29. The third kappa shape index (κ3) is 3.65. The first-order chi connectivity index (χ1) is 9.60. The van der Waals surface area contributed by atoms with Crippen LogP contribution >= 0.6 is 22.9 Å². The Hall–Kier alpha value is -1.72. The van der Waals surface area contributed by atoms with E-state index in [0.717, 1.165) is 4.88 Å². The minimum Gasteiger partial charge on any atom is -0.495 e. The molecule has 0 aliphatic rings. The third-order valence-electron chi connectivity index (χ3n) is 2.73. The number of anilines is 1. The highest BCUT2D eigenvalue weighted by molar-refractivity contribution is 7.10. The number of carbonyl (C=O) groups excluding carboxylic acids is 1. The Morgan fingerprint density at radius 3 is 2.80 bits per heavy atom. The zero-order valence-corrected chi connectivity index (χ0v) is 12.7. The molecule has 2 rings (SSSR count). The van der Waals surface area contributed by atoms with Crippen LogP contribution in [0.3, 0.4) is 0 Å². The van der Waals surface area contributed by atoms with E-state index in [1.165, 1.54) is 0 Å². The molecule has 2 N–H and O–H groups in total. The first-order valence-electron chi connectivity index (χ1n) is 6.04. The van der Waals surface area contributed by atoms with E-state index < -0.39 is 0 Å². The Morgan fingerprint density at radius 2 is 2.20 bits per heavy atom. The highest BCUT2D eigenvalue weighted by Gasteiger charge is 2.11. The van der Waals surface area contributed by atoms with Crippen LogP contribution < -0.4 is 15.4 Å². The summed E-state index contributed by atoms with van der Waals surface area (Å²) in [5.41, 5.74) is 0.617. The van der Waals surface area contributed by atoms with E-state index in [9.17, 15) is 4.79 Å². The predicted molar refractivity (Wildman–Crippen MR) is 82.9 cm³/mol.